The van der Waals surface area contributed by atoms with Gasteiger partial charge in [-0.15, -0.1) is 10.2 Å². The maximum absolute atomic E-state index is 4.64. The minimum atomic E-state index is 0.332. The number of anilines is 1. The van der Waals surface area contributed by atoms with Gasteiger partial charge in [-0.1, -0.05) is 60.7 Å². The van der Waals surface area contributed by atoms with Gasteiger partial charge in [-0.3, -0.25) is 4.98 Å². The van der Waals surface area contributed by atoms with Gasteiger partial charge in [0.2, 0.25) is 0 Å². The summed E-state index contributed by atoms with van der Waals surface area (Å²) in [4.78, 5) is 8.62. The molecule has 6 heteroatoms. The monoisotopic (exact) mass is 352 g/mol. The number of nitrogens with one attached hydrogen (secondary N) is 1. The highest BCUT2D eigenvalue weighted by Gasteiger charge is 2.13. The van der Waals surface area contributed by atoms with Gasteiger partial charge in [0.05, 0.1) is 6.21 Å². The van der Waals surface area contributed by atoms with Crippen LogP contribution in [0.3, 0.4) is 0 Å². The summed E-state index contributed by atoms with van der Waals surface area (Å²) in [5, 5.41) is 12.7. The number of hydrogen-bond donors (Lipinski definition) is 1. The molecular formula is C21H16N6. The fraction of sp³-hybridized carbons (Fsp3) is 0. The van der Waals surface area contributed by atoms with Crippen molar-refractivity contribution in [2.75, 3.05) is 5.43 Å². The zero-order valence-corrected chi connectivity index (χ0v) is 14.4. The maximum atomic E-state index is 4.64. The summed E-state index contributed by atoms with van der Waals surface area (Å²) >= 11 is 0. The SMILES string of the molecule is C(=NNc1nnc(-c2ccccc2)c(-c2ccccc2)n1)c1ccncc1. The van der Waals surface area contributed by atoms with Gasteiger partial charge in [-0.25, -0.2) is 10.4 Å². The second-order valence-electron chi connectivity index (χ2n) is 5.72. The Morgan fingerprint density at radius 1 is 0.704 bits per heavy atom. The molecule has 130 valence electrons. The van der Waals surface area contributed by atoms with Crippen LogP contribution >= 0.6 is 0 Å². The second kappa shape index (κ2) is 7.97. The minimum Gasteiger partial charge on any atom is -0.265 e. The van der Waals surface area contributed by atoms with E-state index < -0.39 is 0 Å². The fourth-order valence-corrected chi connectivity index (χ4v) is 2.58. The van der Waals surface area contributed by atoms with E-state index in [1.165, 1.54) is 0 Å². The molecule has 2 aromatic heterocycles. The molecule has 4 rings (SSSR count). The molecule has 6 nitrogen and oxygen atoms in total. The molecule has 0 radical (unpaired) electrons. The number of pyridine rings is 1. The van der Waals surface area contributed by atoms with Crippen molar-refractivity contribution in [3.05, 3.63) is 90.8 Å². The molecule has 0 amide bonds. The topological polar surface area (TPSA) is 76.0 Å². The van der Waals surface area contributed by atoms with Crippen molar-refractivity contribution < 1.29 is 0 Å². The lowest BCUT2D eigenvalue weighted by Gasteiger charge is -2.09. The maximum Gasteiger partial charge on any atom is 0.263 e. The van der Waals surface area contributed by atoms with Crippen molar-refractivity contribution in [2.24, 2.45) is 5.10 Å². The molecular weight excluding hydrogens is 336 g/mol. The van der Waals surface area contributed by atoms with Crippen LogP contribution in [0.15, 0.2) is 90.3 Å². The zero-order valence-electron chi connectivity index (χ0n) is 14.4. The average molecular weight is 352 g/mol. The largest absolute Gasteiger partial charge is 0.265 e. The Bertz CT molecular complexity index is 1030. The van der Waals surface area contributed by atoms with Crippen molar-refractivity contribution in [3.8, 4) is 22.5 Å². The predicted octanol–water partition coefficient (Wildman–Crippen LogP) is 4.05. The van der Waals surface area contributed by atoms with Crippen molar-refractivity contribution in [1.29, 1.82) is 0 Å². The van der Waals surface area contributed by atoms with E-state index in [9.17, 15) is 0 Å². The number of nitrogens with zero attached hydrogens (tertiary/aromatic N) is 5. The molecule has 27 heavy (non-hydrogen) atoms. The van der Waals surface area contributed by atoms with Crippen LogP contribution < -0.4 is 5.43 Å². The molecule has 0 fully saturated rings. The lowest BCUT2D eigenvalue weighted by Crippen LogP contribution is -2.03. The number of hydrazone groups is 1. The van der Waals surface area contributed by atoms with E-state index in [0.717, 1.165) is 28.1 Å². The molecule has 0 saturated carbocycles. The first-order chi connectivity index (χ1) is 13.4. The minimum absolute atomic E-state index is 0.332. The van der Waals surface area contributed by atoms with E-state index in [4.69, 9.17) is 0 Å². The standard InChI is InChI=1S/C21H16N6/c1-3-7-17(8-4-1)19-20(18-9-5-2-6-10-18)25-27-21(24-19)26-23-15-16-11-13-22-14-12-16/h1-15H,(H,24,26,27). The Morgan fingerprint density at radius 2 is 1.33 bits per heavy atom. The summed E-state index contributed by atoms with van der Waals surface area (Å²) in [6.45, 7) is 0. The van der Waals surface area contributed by atoms with E-state index >= 15 is 0 Å². The fourth-order valence-electron chi connectivity index (χ4n) is 2.58. The van der Waals surface area contributed by atoms with Gasteiger partial charge in [0.25, 0.3) is 5.95 Å². The Balaban J connectivity index is 1.68. The Labute approximate surface area is 156 Å². The van der Waals surface area contributed by atoms with Crippen LogP contribution in [-0.2, 0) is 0 Å². The highest BCUT2D eigenvalue weighted by atomic mass is 15.4. The predicted molar refractivity (Wildman–Crippen MR) is 106 cm³/mol. The van der Waals surface area contributed by atoms with E-state index in [-0.39, 0.29) is 0 Å². The summed E-state index contributed by atoms with van der Waals surface area (Å²) in [6.07, 6.45) is 5.10. The first-order valence-electron chi connectivity index (χ1n) is 8.45. The quantitative estimate of drug-likeness (QED) is 0.433. The highest BCUT2D eigenvalue weighted by molar-refractivity contribution is 5.80. The summed E-state index contributed by atoms with van der Waals surface area (Å²) in [7, 11) is 0. The summed E-state index contributed by atoms with van der Waals surface area (Å²) in [5.41, 5.74) is 7.17. The van der Waals surface area contributed by atoms with Gasteiger partial charge >= 0.3 is 0 Å². The zero-order chi connectivity index (χ0) is 18.3. The molecule has 0 spiro atoms. The van der Waals surface area contributed by atoms with Crippen LogP contribution in [0.4, 0.5) is 5.95 Å². The third-order valence-electron chi connectivity index (χ3n) is 3.87. The molecule has 0 aliphatic rings. The summed E-state index contributed by atoms with van der Waals surface area (Å²) < 4.78 is 0. The first kappa shape index (κ1) is 16.5. The number of aromatic nitrogens is 4. The van der Waals surface area contributed by atoms with Crippen molar-refractivity contribution in [2.45, 2.75) is 0 Å². The van der Waals surface area contributed by atoms with Crippen LogP contribution in [0.2, 0.25) is 0 Å². The lowest BCUT2D eigenvalue weighted by molar-refractivity contribution is 0.973. The Hall–Kier alpha value is -3.93. The normalized spacial score (nSPS) is 10.8. The smallest absolute Gasteiger partial charge is 0.263 e. The van der Waals surface area contributed by atoms with Gasteiger partial charge in [0.15, 0.2) is 0 Å². The molecule has 2 aromatic carbocycles. The Kier molecular flexibility index (Phi) is 4.88. The van der Waals surface area contributed by atoms with E-state index in [2.05, 4.69) is 30.7 Å². The summed E-state index contributed by atoms with van der Waals surface area (Å²) in [6, 6.07) is 23.5. The highest BCUT2D eigenvalue weighted by Crippen LogP contribution is 2.28. The van der Waals surface area contributed by atoms with Gasteiger partial charge in [0.1, 0.15) is 11.4 Å². The van der Waals surface area contributed by atoms with Crippen molar-refractivity contribution in [3.63, 3.8) is 0 Å². The lowest BCUT2D eigenvalue weighted by atomic mass is 10.0. The molecule has 0 aliphatic heterocycles. The van der Waals surface area contributed by atoms with Gasteiger partial charge in [-0.2, -0.15) is 5.10 Å². The van der Waals surface area contributed by atoms with Crippen molar-refractivity contribution in [1.82, 2.24) is 20.2 Å². The molecule has 4 aromatic rings. The molecule has 2 heterocycles. The molecule has 0 bridgehead atoms. The van der Waals surface area contributed by atoms with Gasteiger partial charge < -0.3 is 0 Å². The third-order valence-corrected chi connectivity index (χ3v) is 3.87. The first-order valence-corrected chi connectivity index (χ1v) is 8.45. The number of benzene rings is 2. The van der Waals surface area contributed by atoms with Crippen LogP contribution in [0.25, 0.3) is 22.5 Å². The third kappa shape index (κ3) is 4.01. The molecule has 1 N–H and O–H groups in total. The summed E-state index contributed by atoms with van der Waals surface area (Å²) in [5.74, 6) is 0.332. The molecule has 0 unspecified atom stereocenters. The molecule has 0 saturated heterocycles. The van der Waals surface area contributed by atoms with Gasteiger partial charge in [0, 0.05) is 23.5 Å². The average Bonchev–Trinajstić information content (AvgIpc) is 2.76. The van der Waals surface area contributed by atoms with Crippen LogP contribution in [0, 0.1) is 0 Å². The van der Waals surface area contributed by atoms with Gasteiger partial charge in [-0.05, 0) is 17.7 Å². The Morgan fingerprint density at radius 3 is 2.00 bits per heavy atom. The van der Waals surface area contributed by atoms with E-state index in [0.29, 0.717) is 5.95 Å². The number of rotatable bonds is 5. The number of hydrogen-bond acceptors (Lipinski definition) is 6. The van der Waals surface area contributed by atoms with E-state index in [1.54, 1.807) is 18.6 Å². The van der Waals surface area contributed by atoms with E-state index in [1.807, 2.05) is 72.8 Å². The molecule has 0 aliphatic carbocycles. The second-order valence-corrected chi connectivity index (χ2v) is 5.72. The molecule has 0 atom stereocenters. The van der Waals surface area contributed by atoms with Crippen molar-refractivity contribution >= 4 is 12.2 Å². The van der Waals surface area contributed by atoms with Crippen LogP contribution in [0.1, 0.15) is 5.56 Å². The van der Waals surface area contributed by atoms with Crippen LogP contribution in [0.5, 0.6) is 0 Å². The van der Waals surface area contributed by atoms with Crippen LogP contribution in [-0.4, -0.2) is 26.4 Å².